The zero-order valence-electron chi connectivity index (χ0n) is 25.8. The molecule has 1 aliphatic rings. The van der Waals surface area contributed by atoms with Gasteiger partial charge in [0, 0.05) is 20.1 Å². The van der Waals surface area contributed by atoms with E-state index in [4.69, 9.17) is 26.1 Å². The summed E-state index contributed by atoms with van der Waals surface area (Å²) >= 11 is 6.50. The van der Waals surface area contributed by atoms with Gasteiger partial charge in [0.05, 0.1) is 35.1 Å². The van der Waals surface area contributed by atoms with Crippen LogP contribution in [-0.4, -0.2) is 57.8 Å². The van der Waals surface area contributed by atoms with Crippen molar-refractivity contribution in [1.29, 1.82) is 0 Å². The van der Waals surface area contributed by atoms with Crippen LogP contribution in [0.4, 0.5) is 9.59 Å². The predicted octanol–water partition coefficient (Wildman–Crippen LogP) is 7.21. The molecule has 4 aromatic rings. The standard InChI is InChI=1S/C34H37ClN4O5/c1-21(39(33(42)43-6)29-24-15-9-7-13-22(24)23-14-8-10-16-25(23)29)30-36-27-18-11-17-26(35)28(27)31(40)38(30)20-12-19-37(5)32(41)44-34(2,3)4/h7-11,13-18,21,29H,12,19-20H2,1-6H3/t21-/m0/s1. The Morgan fingerprint density at radius 3 is 2.18 bits per heavy atom. The Kier molecular flexibility index (Phi) is 8.70. The van der Waals surface area contributed by atoms with E-state index in [9.17, 15) is 14.4 Å². The molecule has 1 aromatic heterocycles. The number of rotatable bonds is 7. The molecule has 0 fully saturated rings. The first kappa shape index (κ1) is 31.1. The van der Waals surface area contributed by atoms with E-state index < -0.39 is 29.9 Å². The Bertz CT molecular complexity index is 1730. The first-order valence-corrected chi connectivity index (χ1v) is 15.0. The molecular formula is C34H37ClN4O5. The van der Waals surface area contributed by atoms with Gasteiger partial charge in [-0.1, -0.05) is 66.2 Å². The molecule has 0 unspecified atom stereocenters. The highest BCUT2D eigenvalue weighted by molar-refractivity contribution is 6.35. The zero-order chi connectivity index (χ0) is 31.8. The molecular weight excluding hydrogens is 580 g/mol. The molecule has 0 saturated carbocycles. The first-order valence-electron chi connectivity index (χ1n) is 14.6. The molecule has 0 bridgehead atoms. The molecule has 1 atom stereocenters. The number of aromatic nitrogens is 2. The van der Waals surface area contributed by atoms with Crippen molar-refractivity contribution in [2.24, 2.45) is 0 Å². The van der Waals surface area contributed by atoms with Gasteiger partial charge >= 0.3 is 12.2 Å². The van der Waals surface area contributed by atoms with Crippen molar-refractivity contribution in [2.75, 3.05) is 20.7 Å². The van der Waals surface area contributed by atoms with Crippen LogP contribution in [0.5, 0.6) is 0 Å². The van der Waals surface area contributed by atoms with E-state index in [1.807, 2.05) is 76.2 Å². The van der Waals surface area contributed by atoms with Gasteiger partial charge in [-0.3, -0.25) is 14.3 Å². The number of carbonyl (C=O) groups excluding carboxylic acids is 2. The lowest BCUT2D eigenvalue weighted by Crippen LogP contribution is -2.40. The zero-order valence-corrected chi connectivity index (χ0v) is 26.6. The number of amides is 2. The van der Waals surface area contributed by atoms with E-state index in [2.05, 4.69) is 0 Å². The third-order valence-corrected chi connectivity index (χ3v) is 8.11. The van der Waals surface area contributed by atoms with E-state index in [1.165, 1.54) is 12.0 Å². The predicted molar refractivity (Wildman–Crippen MR) is 171 cm³/mol. The van der Waals surface area contributed by atoms with Crippen molar-refractivity contribution in [1.82, 2.24) is 19.4 Å². The Morgan fingerprint density at radius 2 is 1.59 bits per heavy atom. The monoisotopic (exact) mass is 616 g/mol. The second kappa shape index (κ2) is 12.3. The number of nitrogens with zero attached hydrogens (tertiary/aromatic N) is 4. The number of fused-ring (bicyclic) bond motifs is 4. The van der Waals surface area contributed by atoms with E-state index >= 15 is 0 Å². The molecule has 0 saturated heterocycles. The van der Waals surface area contributed by atoms with Crippen LogP contribution >= 0.6 is 11.6 Å². The van der Waals surface area contributed by atoms with Crippen LogP contribution in [0.25, 0.3) is 22.0 Å². The van der Waals surface area contributed by atoms with Gasteiger partial charge in [0.15, 0.2) is 0 Å². The van der Waals surface area contributed by atoms with Crippen molar-refractivity contribution in [2.45, 2.75) is 58.3 Å². The maximum atomic E-state index is 14.1. The highest BCUT2D eigenvalue weighted by atomic mass is 35.5. The lowest BCUT2D eigenvalue weighted by molar-refractivity contribution is 0.0294. The lowest BCUT2D eigenvalue weighted by Gasteiger charge is -2.35. The molecule has 9 nitrogen and oxygen atoms in total. The average Bonchev–Trinajstić information content (AvgIpc) is 3.31. The van der Waals surface area contributed by atoms with E-state index in [1.54, 1.807) is 34.7 Å². The van der Waals surface area contributed by atoms with Gasteiger partial charge in [0.25, 0.3) is 5.56 Å². The van der Waals surface area contributed by atoms with Crippen LogP contribution < -0.4 is 5.56 Å². The summed E-state index contributed by atoms with van der Waals surface area (Å²) in [4.78, 5) is 48.3. The Hall–Kier alpha value is -4.37. The molecule has 5 rings (SSSR count). The molecule has 0 N–H and O–H groups in total. The fraction of sp³-hybridized carbons (Fsp3) is 0.353. The number of hydrogen-bond acceptors (Lipinski definition) is 6. The van der Waals surface area contributed by atoms with Crippen LogP contribution in [0.3, 0.4) is 0 Å². The number of halogens is 1. The van der Waals surface area contributed by atoms with Gasteiger partial charge < -0.3 is 14.4 Å². The minimum atomic E-state index is -0.689. The fourth-order valence-electron chi connectivity index (χ4n) is 5.82. The number of hydrogen-bond donors (Lipinski definition) is 0. The second-order valence-electron chi connectivity index (χ2n) is 11.9. The van der Waals surface area contributed by atoms with Crippen molar-refractivity contribution in [3.8, 4) is 11.1 Å². The molecule has 230 valence electrons. The summed E-state index contributed by atoms with van der Waals surface area (Å²) < 4.78 is 12.4. The van der Waals surface area contributed by atoms with E-state index in [-0.39, 0.29) is 12.1 Å². The Labute approximate surface area is 262 Å². The van der Waals surface area contributed by atoms with Crippen LogP contribution in [0.1, 0.15) is 63.2 Å². The molecule has 0 spiro atoms. The van der Waals surface area contributed by atoms with Gasteiger partial charge in [-0.15, -0.1) is 0 Å². The normalized spacial score (nSPS) is 13.2. The fourth-order valence-corrected chi connectivity index (χ4v) is 6.07. The molecule has 10 heteroatoms. The van der Waals surface area contributed by atoms with Crippen LogP contribution in [0, 0.1) is 0 Å². The number of carbonyl (C=O) groups is 2. The maximum Gasteiger partial charge on any atom is 0.410 e. The lowest BCUT2D eigenvalue weighted by atomic mass is 10.0. The first-order chi connectivity index (χ1) is 20.9. The molecule has 2 amide bonds. The van der Waals surface area contributed by atoms with Gasteiger partial charge in [0.2, 0.25) is 0 Å². The third-order valence-electron chi connectivity index (χ3n) is 7.80. The molecule has 0 radical (unpaired) electrons. The van der Waals surface area contributed by atoms with Gasteiger partial charge in [0.1, 0.15) is 11.4 Å². The second-order valence-corrected chi connectivity index (χ2v) is 12.4. The molecule has 44 heavy (non-hydrogen) atoms. The van der Waals surface area contributed by atoms with E-state index in [0.717, 1.165) is 22.3 Å². The minimum absolute atomic E-state index is 0.229. The average molecular weight is 617 g/mol. The summed E-state index contributed by atoms with van der Waals surface area (Å²) in [6.07, 6.45) is -0.570. The molecule has 3 aromatic carbocycles. The Morgan fingerprint density at radius 1 is 0.977 bits per heavy atom. The topological polar surface area (TPSA) is 94.0 Å². The smallest absolute Gasteiger partial charge is 0.410 e. The highest BCUT2D eigenvalue weighted by Gasteiger charge is 2.40. The van der Waals surface area contributed by atoms with Crippen molar-refractivity contribution in [3.63, 3.8) is 0 Å². The summed E-state index contributed by atoms with van der Waals surface area (Å²) in [5.74, 6) is 0.386. The third kappa shape index (κ3) is 5.88. The minimum Gasteiger partial charge on any atom is -0.453 e. The molecule has 1 heterocycles. The summed E-state index contributed by atoms with van der Waals surface area (Å²) in [5, 5.41) is 0.592. The van der Waals surface area contributed by atoms with Crippen LogP contribution in [0.15, 0.2) is 71.5 Å². The van der Waals surface area contributed by atoms with Crippen LogP contribution in [0.2, 0.25) is 5.02 Å². The highest BCUT2D eigenvalue weighted by Crippen LogP contribution is 2.48. The SMILES string of the molecule is COC(=O)N(C1c2ccccc2-c2ccccc21)[C@@H](C)c1nc2cccc(Cl)c2c(=O)n1CCCN(C)C(=O)OC(C)(C)C. The maximum absolute atomic E-state index is 14.1. The largest absolute Gasteiger partial charge is 0.453 e. The number of methoxy groups -OCH3 is 1. The summed E-state index contributed by atoms with van der Waals surface area (Å²) in [6, 6.07) is 19.9. The van der Waals surface area contributed by atoms with Gasteiger partial charge in [-0.25, -0.2) is 14.6 Å². The van der Waals surface area contributed by atoms with E-state index in [0.29, 0.717) is 34.7 Å². The van der Waals surface area contributed by atoms with Crippen molar-refractivity contribution in [3.05, 3.63) is 99.1 Å². The number of benzene rings is 3. The summed E-state index contributed by atoms with van der Waals surface area (Å²) in [6.45, 7) is 7.84. The number of ether oxygens (including phenoxy) is 2. The summed E-state index contributed by atoms with van der Waals surface area (Å²) in [7, 11) is 3.01. The van der Waals surface area contributed by atoms with Crippen LogP contribution in [-0.2, 0) is 16.0 Å². The molecule has 1 aliphatic carbocycles. The van der Waals surface area contributed by atoms with Gasteiger partial charge in [-0.2, -0.15) is 0 Å². The molecule has 0 aliphatic heterocycles. The van der Waals surface area contributed by atoms with Crippen molar-refractivity contribution >= 4 is 34.7 Å². The van der Waals surface area contributed by atoms with Gasteiger partial charge in [-0.05, 0) is 68.5 Å². The van der Waals surface area contributed by atoms with Crippen molar-refractivity contribution < 1.29 is 19.1 Å². The quantitative estimate of drug-likeness (QED) is 0.218. The Balaban J connectivity index is 1.58. The summed E-state index contributed by atoms with van der Waals surface area (Å²) in [5.41, 5.74) is 3.48.